The molecule has 19 heavy (non-hydrogen) atoms. The van der Waals surface area contributed by atoms with Crippen LogP contribution >= 0.6 is 0 Å². The summed E-state index contributed by atoms with van der Waals surface area (Å²) in [6.07, 6.45) is 2.30. The third kappa shape index (κ3) is 13.6. The smallest absolute Gasteiger partial charge is 0.221 e. The SMILES string of the molecule is CC(C)CCOCCNC(=O)CC(N)CC(C)(C)C. The largest absolute Gasteiger partial charge is 0.380 e. The van der Waals surface area contributed by atoms with Gasteiger partial charge in [0.25, 0.3) is 0 Å². The van der Waals surface area contributed by atoms with Crippen LogP contribution in [0.1, 0.15) is 53.9 Å². The zero-order chi connectivity index (χ0) is 14.9. The van der Waals surface area contributed by atoms with Gasteiger partial charge < -0.3 is 15.8 Å². The first-order valence-electron chi connectivity index (χ1n) is 7.30. The van der Waals surface area contributed by atoms with Gasteiger partial charge in [0.05, 0.1) is 6.61 Å². The Balaban J connectivity index is 3.54. The fraction of sp³-hybridized carbons (Fsp3) is 0.933. The lowest BCUT2D eigenvalue weighted by atomic mass is 9.87. The average molecular weight is 272 g/mol. The molecule has 0 aromatic heterocycles. The van der Waals surface area contributed by atoms with Crippen molar-refractivity contribution in [3.63, 3.8) is 0 Å². The van der Waals surface area contributed by atoms with Crippen molar-refractivity contribution in [3.8, 4) is 0 Å². The molecular weight excluding hydrogens is 240 g/mol. The summed E-state index contributed by atoms with van der Waals surface area (Å²) in [5.41, 5.74) is 6.12. The quantitative estimate of drug-likeness (QED) is 0.633. The van der Waals surface area contributed by atoms with E-state index in [-0.39, 0.29) is 17.4 Å². The molecule has 3 N–H and O–H groups in total. The fourth-order valence-corrected chi connectivity index (χ4v) is 1.85. The molecule has 0 aliphatic carbocycles. The summed E-state index contributed by atoms with van der Waals surface area (Å²) >= 11 is 0. The monoisotopic (exact) mass is 272 g/mol. The zero-order valence-corrected chi connectivity index (χ0v) is 13.3. The molecule has 0 aromatic carbocycles. The number of rotatable bonds is 9. The number of hydrogen-bond donors (Lipinski definition) is 2. The van der Waals surface area contributed by atoms with Crippen LogP contribution in [0.4, 0.5) is 0 Å². The third-order valence-corrected chi connectivity index (χ3v) is 2.73. The zero-order valence-electron chi connectivity index (χ0n) is 13.3. The van der Waals surface area contributed by atoms with E-state index in [2.05, 4.69) is 39.9 Å². The Bertz CT molecular complexity index is 247. The van der Waals surface area contributed by atoms with E-state index >= 15 is 0 Å². The van der Waals surface area contributed by atoms with E-state index in [1.807, 2.05) is 0 Å². The van der Waals surface area contributed by atoms with E-state index in [4.69, 9.17) is 10.5 Å². The van der Waals surface area contributed by atoms with Gasteiger partial charge in [0.2, 0.25) is 5.91 Å². The summed E-state index contributed by atoms with van der Waals surface area (Å²) in [5, 5.41) is 2.84. The lowest BCUT2D eigenvalue weighted by Gasteiger charge is -2.22. The number of hydrogen-bond acceptors (Lipinski definition) is 3. The first-order valence-corrected chi connectivity index (χ1v) is 7.30. The molecule has 4 heteroatoms. The molecule has 4 nitrogen and oxygen atoms in total. The van der Waals surface area contributed by atoms with Gasteiger partial charge in [-0.25, -0.2) is 0 Å². The van der Waals surface area contributed by atoms with Gasteiger partial charge >= 0.3 is 0 Å². The van der Waals surface area contributed by atoms with Gasteiger partial charge in [-0.15, -0.1) is 0 Å². The van der Waals surface area contributed by atoms with Crippen LogP contribution in [-0.4, -0.2) is 31.7 Å². The molecule has 0 heterocycles. The van der Waals surface area contributed by atoms with Gasteiger partial charge in [0.1, 0.15) is 0 Å². The van der Waals surface area contributed by atoms with E-state index in [1.54, 1.807) is 0 Å². The number of nitrogens with two attached hydrogens (primary N) is 1. The first kappa shape index (κ1) is 18.4. The van der Waals surface area contributed by atoms with Crippen LogP contribution in [0.3, 0.4) is 0 Å². The Morgan fingerprint density at radius 1 is 1.26 bits per heavy atom. The Labute approximate surface area is 118 Å². The van der Waals surface area contributed by atoms with Gasteiger partial charge in [0, 0.05) is 25.6 Å². The molecular formula is C15H32N2O2. The van der Waals surface area contributed by atoms with Gasteiger partial charge in [-0.2, -0.15) is 0 Å². The van der Waals surface area contributed by atoms with Crippen LogP contribution < -0.4 is 11.1 Å². The van der Waals surface area contributed by atoms with Crippen molar-refractivity contribution in [2.75, 3.05) is 19.8 Å². The molecule has 0 saturated heterocycles. The Hall–Kier alpha value is -0.610. The van der Waals surface area contributed by atoms with Crippen molar-refractivity contribution >= 4 is 5.91 Å². The van der Waals surface area contributed by atoms with Crippen molar-refractivity contribution in [2.45, 2.75) is 59.9 Å². The van der Waals surface area contributed by atoms with E-state index in [9.17, 15) is 4.79 Å². The van der Waals surface area contributed by atoms with Crippen LogP contribution in [0.5, 0.6) is 0 Å². The van der Waals surface area contributed by atoms with E-state index < -0.39 is 0 Å². The molecule has 0 saturated carbocycles. The highest BCUT2D eigenvalue weighted by Gasteiger charge is 2.17. The van der Waals surface area contributed by atoms with E-state index in [0.29, 0.717) is 25.5 Å². The van der Waals surface area contributed by atoms with Gasteiger partial charge in [-0.3, -0.25) is 4.79 Å². The molecule has 0 spiro atoms. The maximum absolute atomic E-state index is 11.6. The number of carbonyl (C=O) groups is 1. The first-order chi connectivity index (χ1) is 8.70. The molecule has 1 amide bonds. The maximum Gasteiger partial charge on any atom is 0.221 e. The van der Waals surface area contributed by atoms with E-state index in [0.717, 1.165) is 19.4 Å². The number of carbonyl (C=O) groups excluding carboxylic acids is 1. The van der Waals surface area contributed by atoms with Crippen LogP contribution in [0.15, 0.2) is 0 Å². The Morgan fingerprint density at radius 2 is 1.89 bits per heavy atom. The van der Waals surface area contributed by atoms with Gasteiger partial charge in [0.15, 0.2) is 0 Å². The van der Waals surface area contributed by atoms with Crippen molar-refractivity contribution in [1.82, 2.24) is 5.32 Å². The second-order valence-corrected chi connectivity index (χ2v) is 6.87. The normalized spacial score (nSPS) is 13.6. The molecule has 0 radical (unpaired) electrons. The number of amides is 1. The fourth-order valence-electron chi connectivity index (χ4n) is 1.85. The highest BCUT2D eigenvalue weighted by Crippen LogP contribution is 2.20. The molecule has 0 aromatic rings. The van der Waals surface area contributed by atoms with Crippen molar-refractivity contribution in [3.05, 3.63) is 0 Å². The second kappa shape index (κ2) is 9.32. The van der Waals surface area contributed by atoms with Gasteiger partial charge in [-0.05, 0) is 24.2 Å². The summed E-state index contributed by atoms with van der Waals surface area (Å²) in [7, 11) is 0. The van der Waals surface area contributed by atoms with E-state index in [1.165, 1.54) is 0 Å². The lowest BCUT2D eigenvalue weighted by molar-refractivity contribution is -0.121. The molecule has 0 aliphatic heterocycles. The molecule has 0 aliphatic rings. The summed E-state index contributed by atoms with van der Waals surface area (Å²) < 4.78 is 5.43. The van der Waals surface area contributed by atoms with Crippen molar-refractivity contribution in [2.24, 2.45) is 17.1 Å². The maximum atomic E-state index is 11.6. The lowest BCUT2D eigenvalue weighted by Crippen LogP contribution is -2.35. The highest BCUT2D eigenvalue weighted by atomic mass is 16.5. The van der Waals surface area contributed by atoms with Crippen LogP contribution in [0.25, 0.3) is 0 Å². The van der Waals surface area contributed by atoms with Crippen LogP contribution in [-0.2, 0) is 9.53 Å². The minimum Gasteiger partial charge on any atom is -0.380 e. The molecule has 0 bridgehead atoms. The Kier molecular flexibility index (Phi) is 9.02. The summed E-state index contributed by atoms with van der Waals surface area (Å²) in [6.45, 7) is 12.6. The minimum absolute atomic E-state index is 0.0178. The van der Waals surface area contributed by atoms with Crippen LogP contribution in [0.2, 0.25) is 0 Å². The van der Waals surface area contributed by atoms with Crippen LogP contribution in [0, 0.1) is 11.3 Å². The number of nitrogens with one attached hydrogen (secondary N) is 1. The van der Waals surface area contributed by atoms with Crippen molar-refractivity contribution in [1.29, 1.82) is 0 Å². The summed E-state index contributed by atoms with van der Waals surface area (Å²) in [5.74, 6) is 0.675. The summed E-state index contributed by atoms with van der Waals surface area (Å²) in [6, 6.07) is -0.0677. The molecule has 1 atom stereocenters. The Morgan fingerprint density at radius 3 is 2.42 bits per heavy atom. The molecule has 114 valence electrons. The topological polar surface area (TPSA) is 64.3 Å². The van der Waals surface area contributed by atoms with Gasteiger partial charge in [-0.1, -0.05) is 34.6 Å². The summed E-state index contributed by atoms with van der Waals surface area (Å²) in [4.78, 5) is 11.6. The molecule has 0 fully saturated rings. The third-order valence-electron chi connectivity index (χ3n) is 2.73. The number of ether oxygens (including phenoxy) is 1. The van der Waals surface area contributed by atoms with Crippen molar-refractivity contribution < 1.29 is 9.53 Å². The highest BCUT2D eigenvalue weighted by molar-refractivity contribution is 5.76. The standard InChI is InChI=1S/C15H32N2O2/c1-12(2)6-8-19-9-7-17-14(18)10-13(16)11-15(3,4)5/h12-13H,6-11,16H2,1-5H3,(H,17,18). The predicted molar refractivity (Wildman–Crippen MR) is 79.9 cm³/mol. The molecule has 1 unspecified atom stereocenters. The minimum atomic E-state index is -0.0677. The average Bonchev–Trinajstić information content (AvgIpc) is 2.19. The predicted octanol–water partition coefficient (Wildman–Crippen LogP) is 2.32. The molecule has 0 rings (SSSR count). The second-order valence-electron chi connectivity index (χ2n) is 6.87.